The van der Waals surface area contributed by atoms with Crippen molar-refractivity contribution in [2.75, 3.05) is 6.79 Å². The molecule has 0 spiro atoms. The van der Waals surface area contributed by atoms with Crippen molar-refractivity contribution >= 4 is 0 Å². The van der Waals surface area contributed by atoms with Gasteiger partial charge in [-0.15, -0.1) is 5.10 Å². The molecule has 2 heterocycles. The van der Waals surface area contributed by atoms with Gasteiger partial charge in [0.1, 0.15) is 6.07 Å². The van der Waals surface area contributed by atoms with Gasteiger partial charge in [-0.1, -0.05) is 12.1 Å². The summed E-state index contributed by atoms with van der Waals surface area (Å²) in [5.74, 6) is 1.40. The van der Waals surface area contributed by atoms with E-state index in [1.54, 1.807) is 4.68 Å². The molecule has 90 valence electrons. The molecular formula is C12H10N4O2. The van der Waals surface area contributed by atoms with E-state index in [4.69, 9.17) is 14.7 Å². The van der Waals surface area contributed by atoms with Crippen molar-refractivity contribution in [3.8, 4) is 23.3 Å². The summed E-state index contributed by atoms with van der Waals surface area (Å²) in [6.45, 7) is 2.20. The SMILES string of the molecule is CCc1c(C#N)nnn1-c1ccc2c(c1)OCO2. The van der Waals surface area contributed by atoms with Gasteiger partial charge in [-0.25, -0.2) is 4.68 Å². The lowest BCUT2D eigenvalue weighted by atomic mass is 10.2. The first kappa shape index (κ1) is 10.6. The monoisotopic (exact) mass is 242 g/mol. The zero-order chi connectivity index (χ0) is 12.5. The van der Waals surface area contributed by atoms with Crippen LogP contribution in [0.25, 0.3) is 5.69 Å². The van der Waals surface area contributed by atoms with Crippen LogP contribution in [-0.4, -0.2) is 21.8 Å². The van der Waals surface area contributed by atoms with Crippen LogP contribution in [0.4, 0.5) is 0 Å². The Hall–Kier alpha value is -2.55. The summed E-state index contributed by atoms with van der Waals surface area (Å²) >= 11 is 0. The molecule has 0 unspecified atom stereocenters. The van der Waals surface area contributed by atoms with Gasteiger partial charge in [-0.2, -0.15) is 5.26 Å². The van der Waals surface area contributed by atoms with Crippen LogP contribution in [0, 0.1) is 11.3 Å². The molecular weight excluding hydrogens is 232 g/mol. The quantitative estimate of drug-likeness (QED) is 0.796. The van der Waals surface area contributed by atoms with Crippen molar-refractivity contribution in [3.05, 3.63) is 29.6 Å². The molecule has 1 aromatic heterocycles. The molecule has 1 aliphatic heterocycles. The highest BCUT2D eigenvalue weighted by Crippen LogP contribution is 2.33. The van der Waals surface area contributed by atoms with Crippen molar-refractivity contribution < 1.29 is 9.47 Å². The Morgan fingerprint density at radius 1 is 1.39 bits per heavy atom. The van der Waals surface area contributed by atoms with E-state index < -0.39 is 0 Å². The van der Waals surface area contributed by atoms with Crippen LogP contribution in [0.15, 0.2) is 18.2 Å². The maximum absolute atomic E-state index is 8.95. The number of aromatic nitrogens is 3. The third kappa shape index (κ3) is 1.49. The van der Waals surface area contributed by atoms with Gasteiger partial charge >= 0.3 is 0 Å². The summed E-state index contributed by atoms with van der Waals surface area (Å²) in [6.07, 6.45) is 0.685. The molecule has 6 heteroatoms. The van der Waals surface area contributed by atoms with E-state index in [0.29, 0.717) is 17.9 Å². The van der Waals surface area contributed by atoms with Crippen LogP contribution >= 0.6 is 0 Å². The fourth-order valence-corrected chi connectivity index (χ4v) is 1.93. The summed E-state index contributed by atoms with van der Waals surface area (Å²) in [4.78, 5) is 0. The molecule has 6 nitrogen and oxygen atoms in total. The number of fused-ring (bicyclic) bond motifs is 1. The van der Waals surface area contributed by atoms with E-state index >= 15 is 0 Å². The fraction of sp³-hybridized carbons (Fsp3) is 0.250. The number of nitrogens with zero attached hydrogens (tertiary/aromatic N) is 4. The Morgan fingerprint density at radius 2 is 2.22 bits per heavy atom. The zero-order valence-electron chi connectivity index (χ0n) is 9.75. The highest BCUT2D eigenvalue weighted by Gasteiger charge is 2.17. The molecule has 0 saturated carbocycles. The van der Waals surface area contributed by atoms with Crippen molar-refractivity contribution in [1.29, 1.82) is 5.26 Å². The minimum Gasteiger partial charge on any atom is -0.454 e. The molecule has 0 radical (unpaired) electrons. The Bertz CT molecular complexity index is 642. The second kappa shape index (κ2) is 4.04. The summed E-state index contributed by atoms with van der Waals surface area (Å²) < 4.78 is 12.2. The van der Waals surface area contributed by atoms with Crippen molar-refractivity contribution in [2.45, 2.75) is 13.3 Å². The van der Waals surface area contributed by atoms with Gasteiger partial charge in [0.25, 0.3) is 0 Å². The molecule has 0 bridgehead atoms. The standard InChI is InChI=1S/C12H10N4O2/c1-2-10-9(6-13)14-15-16(10)8-3-4-11-12(5-8)18-7-17-11/h3-5H,2,7H2,1H3. The van der Waals surface area contributed by atoms with Gasteiger partial charge in [0, 0.05) is 6.07 Å². The van der Waals surface area contributed by atoms with E-state index in [2.05, 4.69) is 10.3 Å². The van der Waals surface area contributed by atoms with Crippen LogP contribution in [0.5, 0.6) is 11.5 Å². The highest BCUT2D eigenvalue weighted by atomic mass is 16.7. The minimum absolute atomic E-state index is 0.236. The zero-order valence-corrected chi connectivity index (χ0v) is 9.75. The van der Waals surface area contributed by atoms with E-state index in [-0.39, 0.29) is 6.79 Å². The van der Waals surface area contributed by atoms with E-state index in [0.717, 1.165) is 17.1 Å². The first-order chi connectivity index (χ1) is 8.83. The van der Waals surface area contributed by atoms with Crippen LogP contribution < -0.4 is 9.47 Å². The average molecular weight is 242 g/mol. The first-order valence-corrected chi connectivity index (χ1v) is 5.58. The fourth-order valence-electron chi connectivity index (χ4n) is 1.93. The first-order valence-electron chi connectivity index (χ1n) is 5.58. The van der Waals surface area contributed by atoms with E-state index in [9.17, 15) is 0 Å². The second-order valence-corrected chi connectivity index (χ2v) is 3.80. The molecule has 0 saturated heterocycles. The minimum atomic E-state index is 0.236. The Labute approximate surface area is 103 Å². The van der Waals surface area contributed by atoms with Gasteiger partial charge in [0.15, 0.2) is 17.2 Å². The predicted molar refractivity (Wildman–Crippen MR) is 61.6 cm³/mol. The predicted octanol–water partition coefficient (Wildman–Crippen LogP) is 1.43. The van der Waals surface area contributed by atoms with Crippen molar-refractivity contribution in [2.24, 2.45) is 0 Å². The topological polar surface area (TPSA) is 73.0 Å². The number of hydrogen-bond donors (Lipinski definition) is 0. The van der Waals surface area contributed by atoms with Gasteiger partial charge < -0.3 is 9.47 Å². The second-order valence-electron chi connectivity index (χ2n) is 3.80. The third-order valence-corrected chi connectivity index (χ3v) is 2.80. The van der Waals surface area contributed by atoms with Crippen molar-refractivity contribution in [1.82, 2.24) is 15.0 Å². The summed E-state index contributed by atoms with van der Waals surface area (Å²) in [5.41, 5.74) is 1.96. The van der Waals surface area contributed by atoms with Crippen LogP contribution in [0.2, 0.25) is 0 Å². The molecule has 3 rings (SSSR count). The normalized spacial score (nSPS) is 12.4. The molecule has 1 aromatic carbocycles. The molecule has 0 amide bonds. The molecule has 0 N–H and O–H groups in total. The number of benzene rings is 1. The molecule has 18 heavy (non-hydrogen) atoms. The van der Waals surface area contributed by atoms with E-state index in [1.165, 1.54) is 0 Å². The van der Waals surface area contributed by atoms with Crippen molar-refractivity contribution in [3.63, 3.8) is 0 Å². The largest absolute Gasteiger partial charge is 0.454 e. The van der Waals surface area contributed by atoms with Crippen LogP contribution in [0.3, 0.4) is 0 Å². The number of hydrogen-bond acceptors (Lipinski definition) is 5. The van der Waals surface area contributed by atoms with Gasteiger partial charge in [0.05, 0.1) is 11.4 Å². The Morgan fingerprint density at radius 3 is 3.00 bits per heavy atom. The molecule has 2 aromatic rings. The molecule has 0 aliphatic carbocycles. The Balaban J connectivity index is 2.10. The Kier molecular flexibility index (Phi) is 2.38. The summed E-state index contributed by atoms with van der Waals surface area (Å²) in [6, 6.07) is 7.56. The molecule has 1 aliphatic rings. The molecule has 0 atom stereocenters. The smallest absolute Gasteiger partial charge is 0.231 e. The van der Waals surface area contributed by atoms with E-state index in [1.807, 2.05) is 31.2 Å². The van der Waals surface area contributed by atoms with Crippen LogP contribution in [-0.2, 0) is 6.42 Å². The maximum atomic E-state index is 8.95. The van der Waals surface area contributed by atoms with Crippen LogP contribution in [0.1, 0.15) is 18.3 Å². The number of ether oxygens (including phenoxy) is 2. The maximum Gasteiger partial charge on any atom is 0.231 e. The highest BCUT2D eigenvalue weighted by molar-refractivity contribution is 5.50. The number of rotatable bonds is 2. The summed E-state index contributed by atoms with van der Waals surface area (Å²) in [5, 5.41) is 16.8. The lowest BCUT2D eigenvalue weighted by Gasteiger charge is -2.05. The van der Waals surface area contributed by atoms with Gasteiger partial charge in [0.2, 0.25) is 6.79 Å². The lowest BCUT2D eigenvalue weighted by molar-refractivity contribution is 0.174. The van der Waals surface area contributed by atoms with Gasteiger partial charge in [-0.3, -0.25) is 0 Å². The number of nitriles is 1. The molecule has 0 fully saturated rings. The summed E-state index contributed by atoms with van der Waals surface area (Å²) in [7, 11) is 0. The average Bonchev–Trinajstić information content (AvgIpc) is 3.03. The third-order valence-electron chi connectivity index (χ3n) is 2.80. The van der Waals surface area contributed by atoms with Gasteiger partial charge in [-0.05, 0) is 18.6 Å². The lowest BCUT2D eigenvalue weighted by Crippen LogP contribution is -2.02.